The third kappa shape index (κ3) is 2.43. The number of aromatic nitrogens is 1. The van der Waals surface area contributed by atoms with Crippen LogP contribution in [0, 0.1) is 11.8 Å². The van der Waals surface area contributed by atoms with E-state index < -0.39 is 0 Å². The molecule has 0 aliphatic heterocycles. The van der Waals surface area contributed by atoms with Gasteiger partial charge in [0, 0.05) is 12.4 Å². The number of pyridine rings is 1. The van der Waals surface area contributed by atoms with E-state index in [1.54, 1.807) is 0 Å². The molecular formula is C14H22N2. The summed E-state index contributed by atoms with van der Waals surface area (Å²) < 4.78 is 0. The third-order valence-electron chi connectivity index (χ3n) is 3.68. The average Bonchev–Trinajstić information content (AvgIpc) is 2.92. The molecule has 1 aliphatic rings. The molecule has 88 valence electrons. The normalized spacial score (nSPS) is 28.4. The zero-order valence-corrected chi connectivity index (χ0v) is 10.5. The highest BCUT2D eigenvalue weighted by Crippen LogP contribution is 2.53. The van der Waals surface area contributed by atoms with E-state index >= 15 is 0 Å². The van der Waals surface area contributed by atoms with Crippen molar-refractivity contribution < 1.29 is 0 Å². The van der Waals surface area contributed by atoms with Crippen LogP contribution in [0.25, 0.3) is 0 Å². The molecule has 0 saturated heterocycles. The van der Waals surface area contributed by atoms with Crippen LogP contribution in [0.3, 0.4) is 0 Å². The van der Waals surface area contributed by atoms with E-state index in [9.17, 15) is 0 Å². The Morgan fingerprint density at radius 2 is 2.38 bits per heavy atom. The Labute approximate surface area is 98.5 Å². The quantitative estimate of drug-likeness (QED) is 0.821. The molecule has 1 N–H and O–H groups in total. The Kier molecular flexibility index (Phi) is 3.29. The predicted molar refractivity (Wildman–Crippen MR) is 67.4 cm³/mol. The first kappa shape index (κ1) is 11.6. The van der Waals surface area contributed by atoms with Gasteiger partial charge >= 0.3 is 0 Å². The molecular weight excluding hydrogens is 196 g/mol. The summed E-state index contributed by atoms with van der Waals surface area (Å²) in [5.41, 5.74) is 1.77. The molecule has 1 aliphatic carbocycles. The van der Waals surface area contributed by atoms with E-state index in [1.165, 1.54) is 12.0 Å². The molecule has 1 aromatic rings. The van der Waals surface area contributed by atoms with Crippen molar-refractivity contribution >= 4 is 0 Å². The van der Waals surface area contributed by atoms with Gasteiger partial charge in [0.05, 0.1) is 0 Å². The molecule has 1 fully saturated rings. The van der Waals surface area contributed by atoms with Crippen molar-refractivity contribution in [3.05, 3.63) is 30.1 Å². The van der Waals surface area contributed by atoms with Crippen LogP contribution in [0.4, 0.5) is 0 Å². The van der Waals surface area contributed by atoms with Gasteiger partial charge in [0.1, 0.15) is 0 Å². The molecule has 0 aromatic carbocycles. The number of nitrogens with zero attached hydrogens (tertiary/aromatic N) is 1. The molecule has 2 heteroatoms. The van der Waals surface area contributed by atoms with Crippen LogP contribution in [0.15, 0.2) is 24.5 Å². The number of hydrogen-bond donors (Lipinski definition) is 1. The van der Waals surface area contributed by atoms with Crippen LogP contribution < -0.4 is 5.32 Å². The van der Waals surface area contributed by atoms with E-state index in [4.69, 9.17) is 0 Å². The minimum atomic E-state index is 0.373. The van der Waals surface area contributed by atoms with Gasteiger partial charge in [-0.1, -0.05) is 26.8 Å². The molecule has 0 spiro atoms. The van der Waals surface area contributed by atoms with Gasteiger partial charge in [-0.15, -0.1) is 0 Å². The molecule has 0 bridgehead atoms. The monoisotopic (exact) mass is 218 g/mol. The minimum Gasteiger partial charge on any atom is -0.316 e. The SMILES string of the molecule is CC(C)CNCC1CC1(C)c1cccnc1. The van der Waals surface area contributed by atoms with Gasteiger partial charge < -0.3 is 5.32 Å². The van der Waals surface area contributed by atoms with Crippen molar-refractivity contribution in [1.29, 1.82) is 0 Å². The van der Waals surface area contributed by atoms with Crippen molar-refractivity contribution in [3.63, 3.8) is 0 Å². The lowest BCUT2D eigenvalue weighted by molar-refractivity contribution is 0.515. The molecule has 1 aromatic heterocycles. The first-order valence-electron chi connectivity index (χ1n) is 6.24. The smallest absolute Gasteiger partial charge is 0.0305 e. The fraction of sp³-hybridized carbons (Fsp3) is 0.643. The molecule has 2 atom stereocenters. The molecule has 0 radical (unpaired) electrons. The van der Waals surface area contributed by atoms with Crippen molar-refractivity contribution in [1.82, 2.24) is 10.3 Å². The Balaban J connectivity index is 1.85. The zero-order valence-electron chi connectivity index (χ0n) is 10.5. The molecule has 1 saturated carbocycles. The second-order valence-corrected chi connectivity index (χ2v) is 5.61. The maximum Gasteiger partial charge on any atom is 0.0305 e. The van der Waals surface area contributed by atoms with Gasteiger partial charge in [-0.2, -0.15) is 0 Å². The number of hydrogen-bond acceptors (Lipinski definition) is 2. The summed E-state index contributed by atoms with van der Waals surface area (Å²) in [7, 11) is 0. The van der Waals surface area contributed by atoms with Gasteiger partial charge in [0.2, 0.25) is 0 Å². The third-order valence-corrected chi connectivity index (χ3v) is 3.68. The summed E-state index contributed by atoms with van der Waals surface area (Å²) in [6.45, 7) is 9.12. The summed E-state index contributed by atoms with van der Waals surface area (Å²) >= 11 is 0. The topological polar surface area (TPSA) is 24.9 Å². The zero-order chi connectivity index (χ0) is 11.6. The fourth-order valence-corrected chi connectivity index (χ4v) is 2.35. The summed E-state index contributed by atoms with van der Waals surface area (Å²) in [6.07, 6.45) is 5.16. The van der Waals surface area contributed by atoms with Crippen molar-refractivity contribution in [2.75, 3.05) is 13.1 Å². The first-order chi connectivity index (χ1) is 7.63. The van der Waals surface area contributed by atoms with Gasteiger partial charge in [-0.05, 0) is 48.4 Å². The van der Waals surface area contributed by atoms with E-state index in [0.717, 1.165) is 24.9 Å². The Hall–Kier alpha value is -0.890. The first-order valence-corrected chi connectivity index (χ1v) is 6.24. The van der Waals surface area contributed by atoms with Crippen molar-refractivity contribution in [3.8, 4) is 0 Å². The fourth-order valence-electron chi connectivity index (χ4n) is 2.35. The highest BCUT2D eigenvalue weighted by atomic mass is 14.9. The molecule has 16 heavy (non-hydrogen) atoms. The highest BCUT2D eigenvalue weighted by Gasteiger charge is 2.50. The molecule has 0 amide bonds. The Morgan fingerprint density at radius 3 is 3.00 bits per heavy atom. The molecule has 1 heterocycles. The second kappa shape index (κ2) is 4.54. The Morgan fingerprint density at radius 1 is 1.56 bits per heavy atom. The van der Waals surface area contributed by atoms with Gasteiger partial charge in [-0.25, -0.2) is 0 Å². The molecule has 2 rings (SSSR count). The summed E-state index contributed by atoms with van der Waals surface area (Å²) in [6, 6.07) is 4.24. The maximum atomic E-state index is 4.21. The van der Waals surface area contributed by atoms with E-state index in [2.05, 4.69) is 37.1 Å². The highest BCUT2D eigenvalue weighted by molar-refractivity contribution is 5.30. The standard InChI is InChI=1S/C14H22N2/c1-11(2)8-16-10-13-7-14(13,3)12-5-4-6-15-9-12/h4-6,9,11,13,16H,7-8,10H2,1-3H3. The van der Waals surface area contributed by atoms with Crippen LogP contribution in [0.1, 0.15) is 32.8 Å². The molecule has 2 nitrogen and oxygen atoms in total. The van der Waals surface area contributed by atoms with Crippen LogP contribution in [0.2, 0.25) is 0 Å². The second-order valence-electron chi connectivity index (χ2n) is 5.61. The molecule has 2 unspecified atom stereocenters. The van der Waals surface area contributed by atoms with Gasteiger partial charge in [-0.3, -0.25) is 4.98 Å². The summed E-state index contributed by atoms with van der Waals surface area (Å²) in [5.74, 6) is 1.53. The maximum absolute atomic E-state index is 4.21. The Bertz CT molecular complexity index is 334. The van der Waals surface area contributed by atoms with Gasteiger partial charge in [0.25, 0.3) is 0 Å². The lowest BCUT2D eigenvalue weighted by Gasteiger charge is -2.12. The average molecular weight is 218 g/mol. The minimum absolute atomic E-state index is 0.373. The van der Waals surface area contributed by atoms with E-state index in [0.29, 0.717) is 5.41 Å². The van der Waals surface area contributed by atoms with Crippen LogP contribution in [-0.4, -0.2) is 18.1 Å². The van der Waals surface area contributed by atoms with E-state index in [1.807, 2.05) is 18.5 Å². The van der Waals surface area contributed by atoms with Crippen LogP contribution >= 0.6 is 0 Å². The predicted octanol–water partition coefficient (Wildman–Crippen LogP) is 2.60. The van der Waals surface area contributed by atoms with Crippen molar-refractivity contribution in [2.24, 2.45) is 11.8 Å². The van der Waals surface area contributed by atoms with Gasteiger partial charge in [0.15, 0.2) is 0 Å². The van der Waals surface area contributed by atoms with E-state index in [-0.39, 0.29) is 0 Å². The lowest BCUT2D eigenvalue weighted by atomic mass is 9.97. The van der Waals surface area contributed by atoms with Crippen LogP contribution in [0.5, 0.6) is 0 Å². The number of rotatable bonds is 5. The number of nitrogens with one attached hydrogen (secondary N) is 1. The van der Waals surface area contributed by atoms with Crippen molar-refractivity contribution in [2.45, 2.75) is 32.6 Å². The largest absolute Gasteiger partial charge is 0.316 e. The summed E-state index contributed by atoms with van der Waals surface area (Å²) in [4.78, 5) is 4.21. The van der Waals surface area contributed by atoms with Crippen LogP contribution in [-0.2, 0) is 5.41 Å². The summed E-state index contributed by atoms with van der Waals surface area (Å²) in [5, 5.41) is 3.55. The lowest BCUT2D eigenvalue weighted by Crippen LogP contribution is -2.24.